The number of carboxylic acids is 1. The molecule has 1 aromatic carbocycles. The standard InChI is InChI=1S/C27H28N4O3/c1-14-11-19(15(2)18-7-6-10-34-26(14)18)25-20(13-24(32)33)16(3)29-27-21(25)12-23(31(27)5)22-8-9-28-17(4)30-22/h8-9,11-12H,6-7,10,13H2,1-5H3,(H,32,33). The molecule has 4 heterocycles. The molecule has 0 bridgehead atoms. The fourth-order valence-corrected chi connectivity index (χ4v) is 5.15. The Morgan fingerprint density at radius 3 is 2.71 bits per heavy atom. The zero-order valence-corrected chi connectivity index (χ0v) is 20.2. The third kappa shape index (κ3) is 3.52. The molecular formula is C27H28N4O3. The molecule has 174 valence electrons. The van der Waals surface area contributed by atoms with Crippen molar-refractivity contribution in [1.82, 2.24) is 19.5 Å². The zero-order valence-electron chi connectivity index (χ0n) is 20.2. The molecule has 1 aliphatic heterocycles. The Labute approximate surface area is 198 Å². The van der Waals surface area contributed by atoms with Gasteiger partial charge in [-0.25, -0.2) is 15.0 Å². The Morgan fingerprint density at radius 2 is 1.97 bits per heavy atom. The highest BCUT2D eigenvalue weighted by atomic mass is 16.5. The molecule has 0 amide bonds. The van der Waals surface area contributed by atoms with Crippen molar-refractivity contribution in [3.05, 3.63) is 58.2 Å². The number of aromatic nitrogens is 4. The second kappa shape index (κ2) is 8.24. The smallest absolute Gasteiger partial charge is 0.307 e. The van der Waals surface area contributed by atoms with Crippen molar-refractivity contribution >= 4 is 17.0 Å². The molecule has 0 aliphatic carbocycles. The molecule has 0 fully saturated rings. The first-order valence-corrected chi connectivity index (χ1v) is 11.5. The van der Waals surface area contributed by atoms with Crippen molar-refractivity contribution in [1.29, 1.82) is 0 Å². The van der Waals surface area contributed by atoms with Gasteiger partial charge in [0.15, 0.2) is 0 Å². The van der Waals surface area contributed by atoms with Gasteiger partial charge in [-0.2, -0.15) is 0 Å². The van der Waals surface area contributed by atoms with E-state index in [2.05, 4.69) is 35.9 Å². The van der Waals surface area contributed by atoms with Gasteiger partial charge in [0.05, 0.1) is 24.4 Å². The predicted molar refractivity (Wildman–Crippen MR) is 131 cm³/mol. The van der Waals surface area contributed by atoms with Gasteiger partial charge in [-0.15, -0.1) is 0 Å². The molecule has 1 N–H and O–H groups in total. The van der Waals surface area contributed by atoms with E-state index >= 15 is 0 Å². The molecule has 1 aliphatic rings. The van der Waals surface area contributed by atoms with E-state index in [1.165, 1.54) is 5.56 Å². The maximum absolute atomic E-state index is 11.9. The first kappa shape index (κ1) is 22.1. The number of benzene rings is 1. The number of nitrogens with zero attached hydrogens (tertiary/aromatic N) is 4. The van der Waals surface area contributed by atoms with Crippen molar-refractivity contribution in [2.24, 2.45) is 7.05 Å². The van der Waals surface area contributed by atoms with Crippen LogP contribution in [0.15, 0.2) is 24.4 Å². The van der Waals surface area contributed by atoms with E-state index < -0.39 is 5.97 Å². The second-order valence-corrected chi connectivity index (χ2v) is 9.06. The third-order valence-electron chi connectivity index (χ3n) is 6.79. The van der Waals surface area contributed by atoms with Crippen molar-refractivity contribution in [2.75, 3.05) is 6.61 Å². The summed E-state index contributed by atoms with van der Waals surface area (Å²) in [4.78, 5) is 25.6. The van der Waals surface area contributed by atoms with Gasteiger partial charge in [0, 0.05) is 24.3 Å². The summed E-state index contributed by atoms with van der Waals surface area (Å²) in [5, 5.41) is 10.7. The van der Waals surface area contributed by atoms with E-state index in [1.807, 2.05) is 31.5 Å². The summed E-state index contributed by atoms with van der Waals surface area (Å²) in [6, 6.07) is 6.10. The molecule has 0 spiro atoms. The first-order valence-electron chi connectivity index (χ1n) is 11.5. The number of carboxylic acid groups (broad SMARTS) is 1. The molecule has 0 atom stereocenters. The second-order valence-electron chi connectivity index (χ2n) is 9.06. The number of hydrogen-bond donors (Lipinski definition) is 1. The van der Waals surface area contributed by atoms with Crippen LogP contribution in [0.2, 0.25) is 0 Å². The van der Waals surface area contributed by atoms with E-state index in [0.717, 1.165) is 81.1 Å². The van der Waals surface area contributed by atoms with Crippen LogP contribution in [0.5, 0.6) is 5.75 Å². The van der Waals surface area contributed by atoms with Crippen molar-refractivity contribution in [3.63, 3.8) is 0 Å². The average molecular weight is 457 g/mol. The lowest BCUT2D eigenvalue weighted by molar-refractivity contribution is -0.136. The van der Waals surface area contributed by atoms with Crippen LogP contribution in [0.25, 0.3) is 33.5 Å². The van der Waals surface area contributed by atoms with Crippen LogP contribution >= 0.6 is 0 Å². The quantitative estimate of drug-likeness (QED) is 0.471. The van der Waals surface area contributed by atoms with Crippen LogP contribution in [-0.4, -0.2) is 37.2 Å². The van der Waals surface area contributed by atoms with Crippen LogP contribution in [0.1, 0.15) is 40.2 Å². The van der Waals surface area contributed by atoms with Crippen molar-refractivity contribution in [2.45, 2.75) is 47.0 Å². The SMILES string of the molecule is Cc1nccc(-c2cc3c(-c4cc(C)c5c(c4C)CCCO5)c(CC(=O)O)c(C)nc3n2C)n1. The fourth-order valence-electron chi connectivity index (χ4n) is 5.15. The minimum Gasteiger partial charge on any atom is -0.493 e. The van der Waals surface area contributed by atoms with E-state index in [1.54, 1.807) is 6.20 Å². The molecule has 0 unspecified atom stereocenters. The number of fused-ring (bicyclic) bond motifs is 2. The minimum absolute atomic E-state index is 0.0903. The number of aliphatic carboxylic acids is 1. The molecule has 0 saturated carbocycles. The number of ether oxygens (including phenoxy) is 1. The van der Waals surface area contributed by atoms with Crippen LogP contribution in [0, 0.1) is 27.7 Å². The summed E-state index contributed by atoms with van der Waals surface area (Å²) in [5.74, 6) is 0.795. The fraction of sp³-hybridized carbons (Fsp3) is 0.333. The highest BCUT2D eigenvalue weighted by molar-refractivity contribution is 6.00. The Hall–Kier alpha value is -3.74. The van der Waals surface area contributed by atoms with Crippen molar-refractivity contribution in [3.8, 4) is 28.3 Å². The molecule has 34 heavy (non-hydrogen) atoms. The Balaban J connectivity index is 1.87. The van der Waals surface area contributed by atoms with Crippen LogP contribution in [0.4, 0.5) is 0 Å². The lowest BCUT2D eigenvalue weighted by atomic mass is 9.86. The monoisotopic (exact) mass is 456 g/mol. The van der Waals surface area contributed by atoms with Gasteiger partial charge in [0.25, 0.3) is 0 Å². The number of carbonyl (C=O) groups is 1. The summed E-state index contributed by atoms with van der Waals surface area (Å²) < 4.78 is 8.03. The summed E-state index contributed by atoms with van der Waals surface area (Å²) in [7, 11) is 1.97. The van der Waals surface area contributed by atoms with E-state index in [0.29, 0.717) is 5.82 Å². The maximum Gasteiger partial charge on any atom is 0.307 e. The topological polar surface area (TPSA) is 90.1 Å². The third-order valence-corrected chi connectivity index (χ3v) is 6.79. The molecule has 0 radical (unpaired) electrons. The van der Waals surface area contributed by atoms with Gasteiger partial charge >= 0.3 is 5.97 Å². The molecule has 3 aromatic heterocycles. The molecule has 7 heteroatoms. The molecule has 0 saturated heterocycles. The van der Waals surface area contributed by atoms with Crippen LogP contribution < -0.4 is 4.74 Å². The minimum atomic E-state index is -0.872. The zero-order chi connectivity index (χ0) is 24.1. The average Bonchev–Trinajstić information content (AvgIpc) is 3.13. The normalized spacial score (nSPS) is 13.1. The van der Waals surface area contributed by atoms with Crippen LogP contribution in [0.3, 0.4) is 0 Å². The lowest BCUT2D eigenvalue weighted by Gasteiger charge is -2.25. The van der Waals surface area contributed by atoms with E-state index in [9.17, 15) is 9.90 Å². The van der Waals surface area contributed by atoms with Gasteiger partial charge in [-0.1, -0.05) is 0 Å². The summed E-state index contributed by atoms with van der Waals surface area (Å²) in [6.45, 7) is 8.68. The summed E-state index contributed by atoms with van der Waals surface area (Å²) in [5.41, 5.74) is 9.41. The number of hydrogen-bond acceptors (Lipinski definition) is 5. The van der Waals surface area contributed by atoms with Gasteiger partial charge in [0.1, 0.15) is 17.2 Å². The largest absolute Gasteiger partial charge is 0.493 e. The Kier molecular flexibility index (Phi) is 5.35. The predicted octanol–water partition coefficient (Wildman–Crippen LogP) is 4.88. The van der Waals surface area contributed by atoms with Gasteiger partial charge in [0.2, 0.25) is 0 Å². The van der Waals surface area contributed by atoms with Gasteiger partial charge in [-0.3, -0.25) is 4.79 Å². The van der Waals surface area contributed by atoms with Gasteiger partial charge < -0.3 is 14.4 Å². The molecule has 5 rings (SSSR count). The molecular weight excluding hydrogens is 428 g/mol. The summed E-state index contributed by atoms with van der Waals surface area (Å²) >= 11 is 0. The first-order chi connectivity index (χ1) is 16.3. The van der Waals surface area contributed by atoms with E-state index in [4.69, 9.17) is 9.72 Å². The Morgan fingerprint density at radius 1 is 1.18 bits per heavy atom. The van der Waals surface area contributed by atoms with E-state index in [-0.39, 0.29) is 6.42 Å². The van der Waals surface area contributed by atoms with Crippen molar-refractivity contribution < 1.29 is 14.6 Å². The van der Waals surface area contributed by atoms with Gasteiger partial charge in [-0.05, 0) is 92.1 Å². The Bertz CT molecular complexity index is 1470. The summed E-state index contributed by atoms with van der Waals surface area (Å²) in [6.07, 6.45) is 3.60. The highest BCUT2D eigenvalue weighted by Gasteiger charge is 2.25. The molecule has 4 aromatic rings. The van der Waals surface area contributed by atoms with Crippen LogP contribution in [-0.2, 0) is 24.7 Å². The number of pyridine rings is 1. The highest BCUT2D eigenvalue weighted by Crippen LogP contribution is 2.43. The lowest BCUT2D eigenvalue weighted by Crippen LogP contribution is -2.13. The molecule has 7 nitrogen and oxygen atoms in total. The maximum atomic E-state index is 11.9. The number of rotatable bonds is 4. The number of aryl methyl sites for hydroxylation is 4.